The smallest absolute Gasteiger partial charge is 0.403 e. The highest BCUT2D eigenvalue weighted by molar-refractivity contribution is 5.70. The van der Waals surface area contributed by atoms with Gasteiger partial charge in [0.15, 0.2) is 5.92 Å². The summed E-state index contributed by atoms with van der Waals surface area (Å²) in [6.07, 6.45) is -3.82. The van der Waals surface area contributed by atoms with Gasteiger partial charge in [0.05, 0.1) is 0 Å². The first-order valence-electron chi connectivity index (χ1n) is 5.29. The summed E-state index contributed by atoms with van der Waals surface area (Å²) in [6.45, 7) is 0.499. The summed E-state index contributed by atoms with van der Waals surface area (Å²) in [4.78, 5) is 35.0. The molecule has 0 aliphatic heterocycles. The monoisotopic (exact) mass is 280 g/mol. The predicted molar refractivity (Wildman–Crippen MR) is 57.9 cm³/mol. The molecular weight excluding hydrogens is 269 g/mol. The number of hydrogen-bond donors (Lipinski definition) is 2. The maximum Gasteiger partial charge on any atom is 0.403 e. The molecule has 9 heteroatoms. The van der Waals surface area contributed by atoms with Crippen molar-refractivity contribution in [2.24, 2.45) is 5.92 Å². The molecule has 1 aromatic rings. The minimum Gasteiger partial charge on any atom is -0.481 e. The minimum atomic E-state index is -4.98. The van der Waals surface area contributed by atoms with Crippen LogP contribution < -0.4 is 11.2 Å². The SMILES string of the molecule is CCc1cn(CC(C(=O)O)C(F)(F)F)c(=O)[nH]c1=O. The van der Waals surface area contributed by atoms with Gasteiger partial charge in [-0.25, -0.2) is 4.79 Å². The van der Waals surface area contributed by atoms with Crippen molar-refractivity contribution in [3.63, 3.8) is 0 Å². The van der Waals surface area contributed by atoms with E-state index in [9.17, 15) is 27.6 Å². The van der Waals surface area contributed by atoms with Crippen molar-refractivity contribution >= 4 is 5.97 Å². The van der Waals surface area contributed by atoms with E-state index in [1.807, 2.05) is 4.98 Å². The zero-order valence-corrected chi connectivity index (χ0v) is 9.82. The van der Waals surface area contributed by atoms with E-state index in [2.05, 4.69) is 0 Å². The van der Waals surface area contributed by atoms with E-state index >= 15 is 0 Å². The van der Waals surface area contributed by atoms with Gasteiger partial charge in [-0.15, -0.1) is 0 Å². The van der Waals surface area contributed by atoms with E-state index in [0.29, 0.717) is 4.57 Å². The highest BCUT2D eigenvalue weighted by Crippen LogP contribution is 2.27. The first-order valence-corrected chi connectivity index (χ1v) is 5.29. The third-order valence-corrected chi connectivity index (χ3v) is 2.54. The zero-order chi connectivity index (χ0) is 14.8. The molecule has 0 amide bonds. The molecule has 0 saturated carbocycles. The lowest BCUT2D eigenvalue weighted by Crippen LogP contribution is -2.39. The van der Waals surface area contributed by atoms with Crippen molar-refractivity contribution in [2.75, 3.05) is 0 Å². The molecule has 1 unspecified atom stereocenters. The molecule has 1 heterocycles. The van der Waals surface area contributed by atoms with Crippen molar-refractivity contribution in [2.45, 2.75) is 26.1 Å². The van der Waals surface area contributed by atoms with Gasteiger partial charge in [0.25, 0.3) is 5.56 Å². The van der Waals surface area contributed by atoms with Crippen molar-refractivity contribution in [1.29, 1.82) is 0 Å². The van der Waals surface area contributed by atoms with Gasteiger partial charge in [0, 0.05) is 18.3 Å². The third kappa shape index (κ3) is 3.46. The van der Waals surface area contributed by atoms with Gasteiger partial charge in [0.2, 0.25) is 0 Å². The fourth-order valence-corrected chi connectivity index (χ4v) is 1.46. The number of nitrogens with one attached hydrogen (secondary N) is 1. The Morgan fingerprint density at radius 3 is 2.47 bits per heavy atom. The number of H-pyrrole nitrogens is 1. The second-order valence-corrected chi connectivity index (χ2v) is 3.85. The number of hydrogen-bond acceptors (Lipinski definition) is 3. The summed E-state index contributed by atoms with van der Waals surface area (Å²) in [5.41, 5.74) is -1.66. The standard InChI is InChI=1S/C10H11F3N2O4/c1-2-5-3-15(9(19)14-7(5)16)4-6(8(17)18)10(11,12)13/h3,6H,2,4H2,1H3,(H,17,18)(H,14,16,19). The van der Waals surface area contributed by atoms with Crippen LogP contribution in [-0.2, 0) is 17.8 Å². The molecule has 0 fully saturated rings. The zero-order valence-electron chi connectivity index (χ0n) is 9.82. The Kier molecular flexibility index (Phi) is 4.17. The maximum atomic E-state index is 12.5. The number of carboxylic acids is 1. The van der Waals surface area contributed by atoms with Gasteiger partial charge in [0.1, 0.15) is 0 Å². The van der Waals surface area contributed by atoms with Crippen molar-refractivity contribution in [3.8, 4) is 0 Å². The molecule has 0 aliphatic rings. The van der Waals surface area contributed by atoms with E-state index in [1.54, 1.807) is 6.92 Å². The molecule has 0 radical (unpaired) electrons. The molecule has 2 N–H and O–H groups in total. The predicted octanol–water partition coefficient (Wildman–Crippen LogP) is 0.362. The molecule has 6 nitrogen and oxygen atoms in total. The van der Waals surface area contributed by atoms with Crippen molar-refractivity contribution in [1.82, 2.24) is 9.55 Å². The largest absolute Gasteiger partial charge is 0.481 e. The van der Waals surface area contributed by atoms with Gasteiger partial charge >= 0.3 is 17.8 Å². The van der Waals surface area contributed by atoms with Crippen molar-refractivity contribution < 1.29 is 23.1 Å². The van der Waals surface area contributed by atoms with Crippen LogP contribution in [-0.4, -0.2) is 26.8 Å². The number of aryl methyl sites for hydroxylation is 1. The quantitative estimate of drug-likeness (QED) is 0.833. The molecule has 0 saturated heterocycles. The normalized spacial score (nSPS) is 13.3. The second-order valence-electron chi connectivity index (χ2n) is 3.85. The van der Waals surface area contributed by atoms with E-state index in [1.165, 1.54) is 0 Å². The lowest BCUT2D eigenvalue weighted by atomic mass is 10.1. The Bertz CT molecular complexity index is 588. The maximum absolute atomic E-state index is 12.5. The first kappa shape index (κ1) is 15.0. The number of nitrogens with zero attached hydrogens (tertiary/aromatic N) is 1. The van der Waals surface area contributed by atoms with Crippen LogP contribution in [0.5, 0.6) is 0 Å². The third-order valence-electron chi connectivity index (χ3n) is 2.54. The van der Waals surface area contributed by atoms with Crippen LogP contribution in [0.1, 0.15) is 12.5 Å². The first-order chi connectivity index (χ1) is 8.66. The van der Waals surface area contributed by atoms with Gasteiger partial charge in [-0.3, -0.25) is 19.1 Å². The van der Waals surface area contributed by atoms with E-state index in [-0.39, 0.29) is 12.0 Å². The van der Waals surface area contributed by atoms with Crippen LogP contribution in [0.2, 0.25) is 0 Å². The number of aromatic amines is 1. The molecule has 0 aromatic carbocycles. The average Bonchev–Trinajstić information content (AvgIpc) is 2.25. The Morgan fingerprint density at radius 2 is 2.05 bits per heavy atom. The van der Waals surface area contributed by atoms with E-state index < -0.39 is 35.9 Å². The molecule has 0 aliphatic carbocycles. The van der Waals surface area contributed by atoms with Gasteiger partial charge in [-0.2, -0.15) is 13.2 Å². The molecule has 0 bridgehead atoms. The van der Waals surface area contributed by atoms with Crippen molar-refractivity contribution in [3.05, 3.63) is 32.6 Å². The molecule has 1 aromatic heterocycles. The summed E-state index contributed by atoms with van der Waals surface area (Å²) >= 11 is 0. The number of alkyl halides is 3. The summed E-state index contributed by atoms with van der Waals surface area (Å²) in [7, 11) is 0. The van der Waals surface area contributed by atoms with Gasteiger partial charge in [-0.1, -0.05) is 6.92 Å². The lowest BCUT2D eigenvalue weighted by molar-refractivity contribution is -0.196. The molecule has 1 rings (SSSR count). The Morgan fingerprint density at radius 1 is 1.47 bits per heavy atom. The highest BCUT2D eigenvalue weighted by atomic mass is 19.4. The number of aliphatic carboxylic acids is 1. The highest BCUT2D eigenvalue weighted by Gasteiger charge is 2.45. The summed E-state index contributed by atoms with van der Waals surface area (Å²) < 4.78 is 38.0. The van der Waals surface area contributed by atoms with Crippen LogP contribution in [0.3, 0.4) is 0 Å². The average molecular weight is 280 g/mol. The van der Waals surface area contributed by atoms with Crippen LogP contribution in [0.15, 0.2) is 15.8 Å². The Balaban J connectivity index is 3.21. The Labute approximate surface area is 104 Å². The number of carbonyl (C=O) groups is 1. The molecular formula is C10H11F3N2O4. The molecule has 0 spiro atoms. The van der Waals surface area contributed by atoms with Crippen LogP contribution in [0, 0.1) is 5.92 Å². The fraction of sp³-hybridized carbons (Fsp3) is 0.500. The summed E-state index contributed by atoms with van der Waals surface area (Å²) in [5, 5.41) is 8.53. The Hall–Kier alpha value is -2.06. The molecule has 106 valence electrons. The number of aromatic nitrogens is 2. The lowest BCUT2D eigenvalue weighted by Gasteiger charge is -2.17. The number of halogens is 3. The van der Waals surface area contributed by atoms with Crippen LogP contribution >= 0.6 is 0 Å². The summed E-state index contributed by atoms with van der Waals surface area (Å²) in [5.74, 6) is -4.79. The van der Waals surface area contributed by atoms with Crippen LogP contribution in [0.25, 0.3) is 0 Å². The number of rotatable bonds is 4. The minimum absolute atomic E-state index is 0.103. The van der Waals surface area contributed by atoms with Gasteiger partial charge in [-0.05, 0) is 6.42 Å². The number of carboxylic acid groups (broad SMARTS) is 1. The molecule has 1 atom stereocenters. The molecule has 19 heavy (non-hydrogen) atoms. The summed E-state index contributed by atoms with van der Waals surface area (Å²) in [6, 6.07) is 0. The van der Waals surface area contributed by atoms with E-state index in [4.69, 9.17) is 5.11 Å². The fourth-order valence-electron chi connectivity index (χ4n) is 1.46. The second kappa shape index (κ2) is 5.29. The van der Waals surface area contributed by atoms with Gasteiger partial charge < -0.3 is 5.11 Å². The van der Waals surface area contributed by atoms with E-state index in [0.717, 1.165) is 6.20 Å². The van der Waals surface area contributed by atoms with Crippen LogP contribution in [0.4, 0.5) is 13.2 Å². The topological polar surface area (TPSA) is 92.2 Å².